The molecule has 5 rings (SSSR count). The van der Waals surface area contributed by atoms with E-state index < -0.39 is 17.8 Å². The van der Waals surface area contributed by atoms with Crippen LogP contribution in [0.5, 0.6) is 0 Å². The number of allylic oxidation sites excluding steroid dienone is 1. The monoisotopic (exact) mass is 477 g/mol. The third-order valence-electron chi connectivity index (χ3n) is 7.41. The molecule has 1 saturated carbocycles. The molecule has 3 atom stereocenters. The van der Waals surface area contributed by atoms with Crippen LogP contribution in [0.15, 0.2) is 101 Å². The number of benzene rings is 3. The van der Waals surface area contributed by atoms with E-state index in [9.17, 15) is 9.59 Å². The van der Waals surface area contributed by atoms with E-state index in [1.54, 1.807) is 0 Å². The van der Waals surface area contributed by atoms with Gasteiger partial charge in [0.1, 0.15) is 12.4 Å². The van der Waals surface area contributed by atoms with Gasteiger partial charge in [-0.05, 0) is 47.9 Å². The molecule has 36 heavy (non-hydrogen) atoms. The lowest BCUT2D eigenvalue weighted by molar-refractivity contribution is -0.140. The van der Waals surface area contributed by atoms with Crippen LogP contribution in [-0.4, -0.2) is 17.5 Å². The van der Waals surface area contributed by atoms with Crippen molar-refractivity contribution in [3.05, 3.63) is 118 Å². The van der Waals surface area contributed by atoms with Crippen LogP contribution < -0.4 is 0 Å². The highest BCUT2D eigenvalue weighted by molar-refractivity contribution is 6.12. The van der Waals surface area contributed by atoms with Gasteiger partial charge in [-0.25, -0.2) is 4.79 Å². The average Bonchev–Trinajstić information content (AvgIpc) is 2.92. The molecule has 1 aliphatic carbocycles. The molecule has 3 aromatic carbocycles. The smallest absolute Gasteiger partial charge is 0.336 e. The van der Waals surface area contributed by atoms with E-state index in [2.05, 4.69) is 43.3 Å². The maximum Gasteiger partial charge on any atom is 0.336 e. The van der Waals surface area contributed by atoms with Crippen molar-refractivity contribution in [3.8, 4) is 0 Å². The van der Waals surface area contributed by atoms with E-state index >= 15 is 0 Å². The SMILES string of the molecule is CCc1ccc([C@@H]2C(C(=O)OCc3ccccc3)=C(C)N=C3C[C@@H](c4ccccc4)CC(=O)C32)cc1. The number of rotatable bonds is 6. The highest BCUT2D eigenvalue weighted by atomic mass is 16.5. The number of Topliss-reactive ketones (excluding diaryl/α,β-unsaturated/α-hetero) is 1. The van der Waals surface area contributed by atoms with Crippen molar-refractivity contribution in [1.29, 1.82) is 0 Å². The third-order valence-corrected chi connectivity index (χ3v) is 7.41. The van der Waals surface area contributed by atoms with E-state index in [1.807, 2.05) is 55.5 Å². The highest BCUT2D eigenvalue weighted by Gasteiger charge is 2.46. The van der Waals surface area contributed by atoms with E-state index in [4.69, 9.17) is 9.73 Å². The number of hydrogen-bond donors (Lipinski definition) is 0. The second-order valence-electron chi connectivity index (χ2n) is 9.70. The van der Waals surface area contributed by atoms with Crippen molar-refractivity contribution < 1.29 is 14.3 Å². The number of ether oxygens (including phenoxy) is 1. The summed E-state index contributed by atoms with van der Waals surface area (Å²) in [6.45, 7) is 4.17. The molecule has 0 amide bonds. The summed E-state index contributed by atoms with van der Waals surface area (Å²) in [5.41, 5.74) is 6.28. The van der Waals surface area contributed by atoms with Crippen LogP contribution in [0.1, 0.15) is 60.8 Å². The first-order valence-electron chi connectivity index (χ1n) is 12.7. The molecule has 0 N–H and O–H groups in total. The van der Waals surface area contributed by atoms with Gasteiger partial charge >= 0.3 is 5.97 Å². The molecule has 3 aromatic rings. The van der Waals surface area contributed by atoms with Crippen molar-refractivity contribution in [2.24, 2.45) is 10.9 Å². The molecule has 1 fully saturated rings. The quantitative estimate of drug-likeness (QED) is 0.378. The topological polar surface area (TPSA) is 55.7 Å². The molecular formula is C32H31NO3. The lowest BCUT2D eigenvalue weighted by Crippen LogP contribution is -2.41. The predicted octanol–water partition coefficient (Wildman–Crippen LogP) is 6.57. The molecule has 0 radical (unpaired) electrons. The Balaban J connectivity index is 1.52. The number of aliphatic imine (C=N–C) groups is 1. The number of aryl methyl sites for hydroxylation is 1. The van der Waals surface area contributed by atoms with Crippen LogP contribution in [-0.2, 0) is 27.4 Å². The zero-order valence-electron chi connectivity index (χ0n) is 20.8. The average molecular weight is 478 g/mol. The first-order valence-corrected chi connectivity index (χ1v) is 12.7. The van der Waals surface area contributed by atoms with Gasteiger partial charge in [0.15, 0.2) is 0 Å². The van der Waals surface area contributed by atoms with E-state index in [0.29, 0.717) is 24.1 Å². The van der Waals surface area contributed by atoms with E-state index in [0.717, 1.165) is 28.8 Å². The molecule has 0 saturated heterocycles. The Labute approximate surface area is 212 Å². The minimum Gasteiger partial charge on any atom is -0.457 e. The van der Waals surface area contributed by atoms with Gasteiger partial charge in [-0.15, -0.1) is 0 Å². The molecule has 0 bridgehead atoms. The Hall–Kier alpha value is -3.79. The molecule has 4 heteroatoms. The minimum atomic E-state index is -0.444. The maximum atomic E-state index is 13.7. The van der Waals surface area contributed by atoms with Gasteiger partial charge in [-0.3, -0.25) is 9.79 Å². The van der Waals surface area contributed by atoms with Gasteiger partial charge in [-0.1, -0.05) is 91.9 Å². The number of carbonyl (C=O) groups is 2. The summed E-state index contributed by atoms with van der Waals surface area (Å²) in [6, 6.07) is 28.1. The number of ketones is 1. The third kappa shape index (κ3) is 4.81. The summed E-state index contributed by atoms with van der Waals surface area (Å²) >= 11 is 0. The number of carbonyl (C=O) groups excluding carboxylic acids is 2. The predicted molar refractivity (Wildman–Crippen MR) is 142 cm³/mol. The zero-order valence-corrected chi connectivity index (χ0v) is 20.8. The Morgan fingerprint density at radius 2 is 1.50 bits per heavy atom. The molecule has 1 aliphatic heterocycles. The Morgan fingerprint density at radius 1 is 0.833 bits per heavy atom. The lowest BCUT2D eigenvalue weighted by atomic mass is 9.66. The molecule has 1 unspecified atom stereocenters. The van der Waals surface area contributed by atoms with Crippen molar-refractivity contribution in [1.82, 2.24) is 0 Å². The summed E-state index contributed by atoms with van der Waals surface area (Å²) in [4.78, 5) is 32.1. The number of hydrogen-bond acceptors (Lipinski definition) is 4. The van der Waals surface area contributed by atoms with Gasteiger partial charge in [0.05, 0.1) is 11.5 Å². The van der Waals surface area contributed by atoms with Gasteiger partial charge in [0, 0.05) is 23.7 Å². The first kappa shape index (κ1) is 23.9. The van der Waals surface area contributed by atoms with Crippen LogP contribution >= 0.6 is 0 Å². The second-order valence-corrected chi connectivity index (χ2v) is 9.70. The number of fused-ring (bicyclic) bond motifs is 1. The summed E-state index contributed by atoms with van der Waals surface area (Å²) in [5, 5.41) is 0. The highest BCUT2D eigenvalue weighted by Crippen LogP contribution is 2.46. The van der Waals surface area contributed by atoms with Gasteiger partial charge in [-0.2, -0.15) is 0 Å². The van der Waals surface area contributed by atoms with E-state index in [-0.39, 0.29) is 18.3 Å². The summed E-state index contributed by atoms with van der Waals surface area (Å²) in [5.74, 6) is -0.992. The standard InChI is InChI=1S/C32H31NO3/c1-3-22-14-16-25(17-15-22)30-29(32(35)36-20-23-10-6-4-7-11-23)21(2)33-27-18-26(19-28(34)31(27)30)24-12-8-5-9-13-24/h4-17,26,30-31H,3,18-20H2,1-2H3/t26-,30-,31?/m1/s1. The van der Waals surface area contributed by atoms with E-state index in [1.165, 1.54) is 5.56 Å². The summed E-state index contributed by atoms with van der Waals surface area (Å²) < 4.78 is 5.76. The van der Waals surface area contributed by atoms with Gasteiger partial charge in [0.2, 0.25) is 0 Å². The molecule has 0 aromatic heterocycles. The zero-order chi connectivity index (χ0) is 25.1. The molecule has 2 aliphatic rings. The number of esters is 1. The lowest BCUT2D eigenvalue weighted by Gasteiger charge is -2.38. The van der Waals surface area contributed by atoms with Crippen molar-refractivity contribution >= 4 is 17.5 Å². The molecule has 1 heterocycles. The summed E-state index contributed by atoms with van der Waals surface area (Å²) in [6.07, 6.45) is 2.09. The van der Waals surface area contributed by atoms with Crippen molar-refractivity contribution in [3.63, 3.8) is 0 Å². The van der Waals surface area contributed by atoms with Gasteiger partial charge < -0.3 is 4.74 Å². The fraction of sp³-hybridized carbons (Fsp3) is 0.281. The second kappa shape index (κ2) is 10.4. The van der Waals surface area contributed by atoms with Crippen LogP contribution in [0.25, 0.3) is 0 Å². The maximum absolute atomic E-state index is 13.7. The Morgan fingerprint density at radius 3 is 2.17 bits per heavy atom. The van der Waals surface area contributed by atoms with Crippen molar-refractivity contribution in [2.75, 3.05) is 0 Å². The molecular weight excluding hydrogens is 446 g/mol. The van der Waals surface area contributed by atoms with Crippen LogP contribution in [0, 0.1) is 5.92 Å². The van der Waals surface area contributed by atoms with Gasteiger partial charge in [0.25, 0.3) is 0 Å². The fourth-order valence-corrected chi connectivity index (χ4v) is 5.52. The molecule has 0 spiro atoms. The minimum absolute atomic E-state index is 0.108. The number of nitrogens with zero attached hydrogens (tertiary/aromatic N) is 1. The summed E-state index contributed by atoms with van der Waals surface area (Å²) in [7, 11) is 0. The van der Waals surface area contributed by atoms with Crippen LogP contribution in [0.4, 0.5) is 0 Å². The van der Waals surface area contributed by atoms with Crippen LogP contribution in [0.2, 0.25) is 0 Å². The Kier molecular flexibility index (Phi) is 6.95. The molecule has 4 nitrogen and oxygen atoms in total. The largest absolute Gasteiger partial charge is 0.457 e. The first-order chi connectivity index (χ1) is 17.5. The molecule has 182 valence electrons. The Bertz CT molecular complexity index is 1310. The fourth-order valence-electron chi connectivity index (χ4n) is 5.52. The van der Waals surface area contributed by atoms with Crippen LogP contribution in [0.3, 0.4) is 0 Å². The van der Waals surface area contributed by atoms with Crippen molar-refractivity contribution in [2.45, 2.75) is 51.6 Å². The normalized spacial score (nSPS) is 21.6.